The number of nitrogens with two attached hydrogens (primary N) is 1. The van der Waals surface area contributed by atoms with Crippen molar-refractivity contribution in [3.63, 3.8) is 0 Å². The molecule has 1 aliphatic heterocycles. The third kappa shape index (κ3) is 3.38. The lowest BCUT2D eigenvalue weighted by Gasteiger charge is -2.25. The molecule has 2 N–H and O–H groups in total. The highest BCUT2D eigenvalue weighted by molar-refractivity contribution is 5.76. The van der Waals surface area contributed by atoms with Gasteiger partial charge in [-0.05, 0) is 38.0 Å². The summed E-state index contributed by atoms with van der Waals surface area (Å²) in [7, 11) is 0. The topological polar surface area (TPSA) is 70.8 Å². The zero-order valence-electron chi connectivity index (χ0n) is 11.2. The fourth-order valence-electron chi connectivity index (χ4n) is 1.97. The molecule has 5 heteroatoms. The molecule has 2 atom stereocenters. The third-order valence-electron chi connectivity index (χ3n) is 2.77. The predicted octanol–water partition coefficient (Wildman–Crippen LogP) is 1.28. The number of hydrogen-bond acceptors (Lipinski definition) is 5. The predicted molar refractivity (Wildman–Crippen MR) is 70.3 cm³/mol. The Morgan fingerprint density at radius 1 is 1.53 bits per heavy atom. The van der Waals surface area contributed by atoms with E-state index < -0.39 is 12.1 Å². The molecule has 0 saturated carbocycles. The van der Waals surface area contributed by atoms with Crippen LogP contribution in [0.4, 0.5) is 0 Å². The minimum Gasteiger partial charge on any atom is -0.485 e. The molecule has 0 aromatic heterocycles. The average Bonchev–Trinajstić information content (AvgIpc) is 2.37. The summed E-state index contributed by atoms with van der Waals surface area (Å²) >= 11 is 0. The van der Waals surface area contributed by atoms with Crippen molar-refractivity contribution in [1.29, 1.82) is 0 Å². The summed E-state index contributed by atoms with van der Waals surface area (Å²) in [6.45, 7) is 4.22. The first-order chi connectivity index (χ1) is 9.10. The number of rotatable bonds is 4. The maximum Gasteiger partial charge on any atom is 0.350 e. The first-order valence-corrected chi connectivity index (χ1v) is 6.44. The zero-order chi connectivity index (χ0) is 13.8. The molecule has 1 heterocycles. The molecular weight excluding hydrogens is 246 g/mol. The summed E-state index contributed by atoms with van der Waals surface area (Å²) in [5.74, 6) is 0.823. The van der Waals surface area contributed by atoms with Crippen molar-refractivity contribution in [2.24, 2.45) is 5.73 Å². The van der Waals surface area contributed by atoms with Crippen molar-refractivity contribution >= 4 is 5.97 Å². The normalized spacial score (nSPS) is 18.8. The standard InChI is InChI=1S/C14H19NO4/c1-3-17-14(16)13-8-18-12-7-10(6-9(2)15)4-5-11(12)19-13/h4-5,7,9,13H,3,6,8,15H2,1-2H3/t9-,13-/m1/s1. The van der Waals surface area contributed by atoms with Gasteiger partial charge in [0.1, 0.15) is 6.61 Å². The van der Waals surface area contributed by atoms with E-state index in [0.717, 1.165) is 12.0 Å². The van der Waals surface area contributed by atoms with Gasteiger partial charge in [-0.3, -0.25) is 0 Å². The Balaban J connectivity index is 2.08. The van der Waals surface area contributed by atoms with E-state index in [2.05, 4.69) is 0 Å². The van der Waals surface area contributed by atoms with E-state index in [1.165, 1.54) is 0 Å². The van der Waals surface area contributed by atoms with Crippen molar-refractivity contribution in [2.45, 2.75) is 32.4 Å². The van der Waals surface area contributed by atoms with Gasteiger partial charge >= 0.3 is 5.97 Å². The fraction of sp³-hybridized carbons (Fsp3) is 0.500. The number of benzene rings is 1. The number of esters is 1. The summed E-state index contributed by atoms with van der Waals surface area (Å²) in [5.41, 5.74) is 6.85. The molecule has 19 heavy (non-hydrogen) atoms. The van der Waals surface area contributed by atoms with Gasteiger partial charge in [-0.2, -0.15) is 0 Å². The Morgan fingerprint density at radius 2 is 2.32 bits per heavy atom. The van der Waals surface area contributed by atoms with Crippen LogP contribution in [-0.2, 0) is 16.0 Å². The minimum atomic E-state index is -0.688. The molecule has 0 spiro atoms. The molecule has 0 aliphatic carbocycles. The fourth-order valence-corrected chi connectivity index (χ4v) is 1.97. The summed E-state index contributed by atoms with van der Waals surface area (Å²) in [6, 6.07) is 5.73. The van der Waals surface area contributed by atoms with Gasteiger partial charge in [-0.25, -0.2) is 4.79 Å². The number of hydrogen-bond donors (Lipinski definition) is 1. The number of ether oxygens (including phenoxy) is 3. The summed E-state index contributed by atoms with van der Waals surface area (Å²) in [4.78, 5) is 11.6. The Bertz CT molecular complexity index is 459. The van der Waals surface area contributed by atoms with Crippen LogP contribution in [-0.4, -0.2) is 31.3 Å². The summed E-state index contributed by atoms with van der Waals surface area (Å²) in [6.07, 6.45) is 0.0875. The van der Waals surface area contributed by atoms with E-state index in [0.29, 0.717) is 18.1 Å². The molecule has 2 rings (SSSR count). The highest BCUT2D eigenvalue weighted by Gasteiger charge is 2.28. The molecule has 0 saturated heterocycles. The summed E-state index contributed by atoms with van der Waals surface area (Å²) < 4.78 is 16.0. The molecule has 1 aliphatic rings. The Morgan fingerprint density at radius 3 is 3.00 bits per heavy atom. The van der Waals surface area contributed by atoms with Crippen LogP contribution in [0.25, 0.3) is 0 Å². The second kappa shape index (κ2) is 5.93. The first-order valence-electron chi connectivity index (χ1n) is 6.44. The number of carbonyl (C=O) groups excluding carboxylic acids is 1. The third-order valence-corrected chi connectivity index (χ3v) is 2.77. The van der Waals surface area contributed by atoms with Crippen LogP contribution >= 0.6 is 0 Å². The molecule has 0 radical (unpaired) electrons. The quantitative estimate of drug-likeness (QED) is 0.830. The molecule has 104 valence electrons. The lowest BCUT2D eigenvalue weighted by Crippen LogP contribution is -2.37. The van der Waals surface area contributed by atoms with Gasteiger partial charge in [0.15, 0.2) is 11.5 Å². The van der Waals surface area contributed by atoms with Crippen LogP contribution < -0.4 is 15.2 Å². The maximum atomic E-state index is 11.6. The van der Waals surface area contributed by atoms with E-state index in [4.69, 9.17) is 19.9 Å². The van der Waals surface area contributed by atoms with E-state index in [1.807, 2.05) is 19.1 Å². The molecule has 1 aromatic carbocycles. The van der Waals surface area contributed by atoms with E-state index in [1.54, 1.807) is 13.0 Å². The zero-order valence-corrected chi connectivity index (χ0v) is 11.2. The van der Waals surface area contributed by atoms with Crippen LogP contribution in [0.1, 0.15) is 19.4 Å². The SMILES string of the molecule is CCOC(=O)[C@H]1COc2cc(C[C@@H](C)N)ccc2O1. The Labute approximate surface area is 112 Å². The van der Waals surface area contributed by atoms with Crippen LogP contribution in [0.5, 0.6) is 11.5 Å². The molecule has 1 aromatic rings. The number of carbonyl (C=O) groups is 1. The first kappa shape index (κ1) is 13.7. The molecular formula is C14H19NO4. The van der Waals surface area contributed by atoms with E-state index in [-0.39, 0.29) is 12.6 Å². The van der Waals surface area contributed by atoms with Gasteiger partial charge < -0.3 is 19.9 Å². The van der Waals surface area contributed by atoms with Crippen LogP contribution in [0, 0.1) is 0 Å². The van der Waals surface area contributed by atoms with Crippen LogP contribution in [0.15, 0.2) is 18.2 Å². The smallest absolute Gasteiger partial charge is 0.350 e. The van der Waals surface area contributed by atoms with E-state index >= 15 is 0 Å². The largest absolute Gasteiger partial charge is 0.485 e. The highest BCUT2D eigenvalue weighted by Crippen LogP contribution is 2.33. The van der Waals surface area contributed by atoms with E-state index in [9.17, 15) is 4.79 Å². The van der Waals surface area contributed by atoms with Gasteiger partial charge in [0.2, 0.25) is 6.10 Å². The van der Waals surface area contributed by atoms with Gasteiger partial charge in [-0.15, -0.1) is 0 Å². The Hall–Kier alpha value is -1.75. The van der Waals surface area contributed by atoms with Crippen LogP contribution in [0.3, 0.4) is 0 Å². The van der Waals surface area contributed by atoms with Crippen molar-refractivity contribution in [3.05, 3.63) is 23.8 Å². The van der Waals surface area contributed by atoms with Crippen molar-refractivity contribution in [3.8, 4) is 11.5 Å². The summed E-state index contributed by atoms with van der Waals surface area (Å²) in [5, 5.41) is 0. The van der Waals surface area contributed by atoms with Gasteiger partial charge in [0.05, 0.1) is 6.61 Å². The maximum absolute atomic E-state index is 11.6. The molecule has 0 amide bonds. The van der Waals surface area contributed by atoms with Crippen molar-refractivity contribution in [1.82, 2.24) is 0 Å². The second-order valence-corrected chi connectivity index (χ2v) is 4.63. The van der Waals surface area contributed by atoms with Gasteiger partial charge in [0, 0.05) is 6.04 Å². The average molecular weight is 265 g/mol. The van der Waals surface area contributed by atoms with Crippen molar-refractivity contribution < 1.29 is 19.0 Å². The molecule has 0 bridgehead atoms. The lowest BCUT2D eigenvalue weighted by molar-refractivity contribution is -0.153. The van der Waals surface area contributed by atoms with Crippen molar-refractivity contribution in [2.75, 3.05) is 13.2 Å². The van der Waals surface area contributed by atoms with Crippen LogP contribution in [0.2, 0.25) is 0 Å². The number of fused-ring (bicyclic) bond motifs is 1. The highest BCUT2D eigenvalue weighted by atomic mass is 16.6. The Kier molecular flexibility index (Phi) is 4.27. The molecule has 5 nitrogen and oxygen atoms in total. The molecule has 0 unspecified atom stereocenters. The van der Waals surface area contributed by atoms with Gasteiger partial charge in [0.25, 0.3) is 0 Å². The minimum absolute atomic E-state index is 0.0924. The monoisotopic (exact) mass is 265 g/mol. The lowest BCUT2D eigenvalue weighted by atomic mass is 10.1. The van der Waals surface area contributed by atoms with Gasteiger partial charge in [-0.1, -0.05) is 6.07 Å². The molecule has 0 fully saturated rings. The second-order valence-electron chi connectivity index (χ2n) is 4.63.